The highest BCUT2D eigenvalue weighted by Crippen LogP contribution is 2.21. The Bertz CT molecular complexity index is 619. The van der Waals surface area contributed by atoms with Crippen molar-refractivity contribution in [1.29, 1.82) is 0 Å². The van der Waals surface area contributed by atoms with E-state index in [0.29, 0.717) is 0 Å². The maximum Gasteiger partial charge on any atom is 0.0786 e. The van der Waals surface area contributed by atoms with E-state index in [1.54, 1.807) is 0 Å². The summed E-state index contributed by atoms with van der Waals surface area (Å²) < 4.78 is 16.9. The van der Waals surface area contributed by atoms with E-state index in [2.05, 4.69) is 87.6 Å². The molecule has 9 heteroatoms. The first kappa shape index (κ1) is 67.5. The van der Waals surface area contributed by atoms with E-state index >= 15 is 0 Å². The van der Waals surface area contributed by atoms with Crippen molar-refractivity contribution in [3.8, 4) is 0 Å². The van der Waals surface area contributed by atoms with Gasteiger partial charge in [0, 0.05) is 7.11 Å². The number of nitrogens with zero attached hydrogens (tertiary/aromatic N) is 3. The molecule has 0 saturated heterocycles. The van der Waals surface area contributed by atoms with Gasteiger partial charge in [-0.05, 0) is 77.0 Å². The quantitative estimate of drug-likeness (QED) is 0.0460. The second-order valence-corrected chi connectivity index (χ2v) is 18.8. The van der Waals surface area contributed by atoms with Crippen LogP contribution in [0.4, 0.5) is 0 Å². The molecule has 0 aromatic heterocycles. The molecule has 0 saturated carbocycles. The van der Waals surface area contributed by atoms with Gasteiger partial charge >= 0.3 is 0 Å². The summed E-state index contributed by atoms with van der Waals surface area (Å²) in [5.41, 5.74) is 0. The summed E-state index contributed by atoms with van der Waals surface area (Å²) in [6.07, 6.45) is 33.2. The van der Waals surface area contributed by atoms with Crippen molar-refractivity contribution in [1.82, 2.24) is 0 Å². The maximum absolute atomic E-state index is 9.25. The Morgan fingerprint density at radius 3 is 0.448 bits per heavy atom. The molecule has 0 amide bonds. The van der Waals surface area contributed by atoms with Crippen LogP contribution in [0.25, 0.3) is 0 Å². The SMILES string of the molecule is CCCC[N+](CCCC)(CCCC)CCCC.CCCC[N+](CCCC)(CCCC)CCCC.CCCC[N+](CCCC)(CCCC)CCCC.COP(=O)([O-])[O-].[Br-]. The number of hydrogen-bond donors (Lipinski definition) is 0. The summed E-state index contributed by atoms with van der Waals surface area (Å²) in [5, 5.41) is 0. The summed E-state index contributed by atoms with van der Waals surface area (Å²) in [6, 6.07) is 0. The van der Waals surface area contributed by atoms with Crippen LogP contribution >= 0.6 is 7.82 Å². The zero-order chi connectivity index (χ0) is 44.2. The van der Waals surface area contributed by atoms with Crippen LogP contribution in [0.2, 0.25) is 0 Å². The molecule has 0 aliphatic rings. The van der Waals surface area contributed by atoms with Crippen molar-refractivity contribution in [2.24, 2.45) is 0 Å². The molecule has 0 spiro atoms. The third kappa shape index (κ3) is 43.1. The van der Waals surface area contributed by atoms with Crippen molar-refractivity contribution < 1.29 is 49.3 Å². The zero-order valence-corrected chi connectivity index (χ0v) is 44.7. The van der Waals surface area contributed by atoms with Gasteiger partial charge in [-0.2, -0.15) is 0 Å². The highest BCUT2D eigenvalue weighted by atomic mass is 79.9. The Balaban J connectivity index is -0.000000224. The van der Waals surface area contributed by atoms with Crippen LogP contribution in [-0.2, 0) is 9.09 Å². The average molecular weight is 917 g/mol. The van der Waals surface area contributed by atoms with E-state index in [4.69, 9.17) is 0 Å². The van der Waals surface area contributed by atoms with E-state index in [-0.39, 0.29) is 17.0 Å². The number of quaternary nitrogens is 3. The van der Waals surface area contributed by atoms with Crippen molar-refractivity contribution in [2.45, 2.75) is 237 Å². The Hall–Kier alpha value is 0.470. The minimum atomic E-state index is -4.65. The Labute approximate surface area is 378 Å². The van der Waals surface area contributed by atoms with Gasteiger partial charge in [0.2, 0.25) is 0 Å². The molecule has 0 aromatic rings. The lowest BCUT2D eigenvalue weighted by atomic mass is 10.1. The molecule has 0 atom stereocenters. The number of rotatable bonds is 37. The fourth-order valence-corrected chi connectivity index (χ4v) is 7.93. The van der Waals surface area contributed by atoms with Crippen molar-refractivity contribution in [3.05, 3.63) is 0 Å². The van der Waals surface area contributed by atoms with E-state index in [0.717, 1.165) is 7.11 Å². The molecule has 58 heavy (non-hydrogen) atoms. The summed E-state index contributed by atoms with van der Waals surface area (Å²) in [6.45, 7) is 45.1. The minimum Gasteiger partial charge on any atom is -1.00 e. The summed E-state index contributed by atoms with van der Waals surface area (Å²) in [4.78, 5) is 18.5. The lowest BCUT2D eigenvalue weighted by Gasteiger charge is -2.39. The van der Waals surface area contributed by atoms with Gasteiger partial charge in [-0.3, -0.25) is 0 Å². The van der Waals surface area contributed by atoms with Crippen molar-refractivity contribution >= 4 is 7.82 Å². The Kier molecular flexibility index (Phi) is 56.5. The van der Waals surface area contributed by atoms with Crippen LogP contribution in [0.1, 0.15) is 237 Å². The summed E-state index contributed by atoms with van der Waals surface area (Å²) >= 11 is 0. The first-order valence-electron chi connectivity index (χ1n) is 25.4. The lowest BCUT2D eigenvalue weighted by molar-refractivity contribution is -0.929. The first-order chi connectivity index (χ1) is 27.3. The Morgan fingerprint density at radius 2 is 0.397 bits per heavy atom. The van der Waals surface area contributed by atoms with Crippen LogP contribution in [0, 0.1) is 0 Å². The predicted octanol–water partition coefficient (Wildman–Crippen LogP) is 10.5. The molecule has 0 aromatic carbocycles. The van der Waals surface area contributed by atoms with Gasteiger partial charge in [-0.1, -0.05) is 160 Å². The Morgan fingerprint density at radius 1 is 0.310 bits per heavy atom. The second-order valence-electron chi connectivity index (χ2n) is 17.6. The number of halogens is 1. The predicted molar refractivity (Wildman–Crippen MR) is 253 cm³/mol. The number of unbranched alkanes of at least 4 members (excludes halogenated alkanes) is 12. The molecule has 0 fully saturated rings. The molecule has 358 valence electrons. The number of phosphoric ester groups is 1. The minimum absolute atomic E-state index is 0. The van der Waals surface area contributed by atoms with E-state index in [1.165, 1.54) is 246 Å². The molecule has 0 heterocycles. The van der Waals surface area contributed by atoms with Gasteiger partial charge in [0.1, 0.15) is 0 Å². The van der Waals surface area contributed by atoms with Crippen LogP contribution in [0.5, 0.6) is 0 Å². The van der Waals surface area contributed by atoms with Gasteiger partial charge in [-0.15, -0.1) is 0 Å². The fraction of sp³-hybridized carbons (Fsp3) is 1.00. The number of phosphoric acid groups is 1. The first-order valence-corrected chi connectivity index (χ1v) is 26.9. The molecule has 0 radical (unpaired) electrons. The van der Waals surface area contributed by atoms with Crippen LogP contribution in [-0.4, -0.2) is 99.1 Å². The van der Waals surface area contributed by atoms with Gasteiger partial charge in [-0.25, -0.2) is 0 Å². The highest BCUT2D eigenvalue weighted by Gasteiger charge is 2.26. The van der Waals surface area contributed by atoms with Gasteiger partial charge in [0.05, 0.1) is 86.4 Å². The third-order valence-corrected chi connectivity index (χ3v) is 12.5. The lowest BCUT2D eigenvalue weighted by Crippen LogP contribution is -3.00. The molecule has 0 bridgehead atoms. The molecular formula is C49H111BrN3O4P. The fourth-order valence-electron chi connectivity index (χ4n) is 7.93. The third-order valence-electron chi connectivity index (χ3n) is 12.1. The summed E-state index contributed by atoms with van der Waals surface area (Å²) in [7, 11) is -3.83. The molecule has 0 N–H and O–H groups in total. The maximum atomic E-state index is 9.25. The molecule has 0 rings (SSSR count). The van der Waals surface area contributed by atoms with Gasteiger partial charge < -0.3 is 49.3 Å². The molecule has 0 aliphatic carbocycles. The van der Waals surface area contributed by atoms with E-state index in [1.807, 2.05) is 0 Å². The van der Waals surface area contributed by atoms with Crippen molar-refractivity contribution in [3.63, 3.8) is 0 Å². The van der Waals surface area contributed by atoms with E-state index < -0.39 is 7.82 Å². The van der Waals surface area contributed by atoms with Crippen molar-refractivity contribution in [2.75, 3.05) is 85.6 Å². The van der Waals surface area contributed by atoms with Gasteiger partial charge in [0.15, 0.2) is 0 Å². The second kappa shape index (κ2) is 48.5. The number of hydrogen-bond acceptors (Lipinski definition) is 4. The van der Waals surface area contributed by atoms with Crippen LogP contribution < -0.4 is 26.8 Å². The topological polar surface area (TPSA) is 72.4 Å². The highest BCUT2D eigenvalue weighted by molar-refractivity contribution is 7.43. The molecule has 0 aliphatic heterocycles. The molecule has 0 unspecified atom stereocenters. The van der Waals surface area contributed by atoms with Crippen LogP contribution in [0.15, 0.2) is 0 Å². The van der Waals surface area contributed by atoms with Crippen LogP contribution in [0.3, 0.4) is 0 Å². The molecule has 7 nitrogen and oxygen atoms in total. The van der Waals surface area contributed by atoms with Gasteiger partial charge in [0.25, 0.3) is 0 Å². The zero-order valence-electron chi connectivity index (χ0n) is 42.3. The largest absolute Gasteiger partial charge is 1.00 e. The molecular weight excluding hydrogens is 805 g/mol. The average Bonchev–Trinajstić information content (AvgIpc) is 3.22. The standard InChI is InChI=1S/3C16H36N.CH5O4P.BrH/c3*1-5-9-13-17(14-10-6-2,15-11-7-3)16-12-8-4;1-5-6(2,3)4;/h3*5-16H2,1-4H3;1H3,(H2,2,3,4);1H/q3*+1;;/p-3. The monoisotopic (exact) mass is 916 g/mol. The summed E-state index contributed by atoms with van der Waals surface area (Å²) in [5.74, 6) is 0. The smallest absolute Gasteiger partial charge is 0.0786 e. The van der Waals surface area contributed by atoms with E-state index in [9.17, 15) is 14.4 Å². The normalized spacial score (nSPS) is 11.8.